The first-order valence-corrected chi connectivity index (χ1v) is 7.10. The topological polar surface area (TPSA) is 57.6 Å². The fourth-order valence-corrected chi connectivity index (χ4v) is 3.11. The molecule has 114 valence electrons. The number of carboxylic acid groups (broad SMARTS) is 1. The summed E-state index contributed by atoms with van der Waals surface area (Å²) >= 11 is 0. The fraction of sp³-hybridized carbons (Fsp3) is 0.500. The van der Waals surface area contributed by atoms with Crippen LogP contribution in [0.1, 0.15) is 25.3 Å². The number of aliphatic carboxylic acids is 1. The summed E-state index contributed by atoms with van der Waals surface area (Å²) in [6.45, 7) is 2.25. The lowest BCUT2D eigenvalue weighted by molar-refractivity contribution is -0.148. The third-order valence-corrected chi connectivity index (χ3v) is 4.12. The van der Waals surface area contributed by atoms with Gasteiger partial charge in [-0.05, 0) is 36.5 Å². The van der Waals surface area contributed by atoms with E-state index >= 15 is 0 Å². The summed E-state index contributed by atoms with van der Waals surface area (Å²) in [5, 5.41) is 9.24. The Labute approximate surface area is 123 Å². The Kier molecular flexibility index (Phi) is 4.60. The average Bonchev–Trinajstić information content (AvgIpc) is 2.80. The standard InChI is InChI=1S/C16H20FNO3/c1-10-6-13(14(7-10)16(20)21)15(19)18(2)9-11-4-3-5-12(17)8-11/h3-5,8,10,13-14H,6-7,9H2,1-2H3,(H,20,21)/t10?,13-,14+/m0/s1. The van der Waals surface area contributed by atoms with Crippen molar-refractivity contribution >= 4 is 11.9 Å². The smallest absolute Gasteiger partial charge is 0.307 e. The summed E-state index contributed by atoms with van der Waals surface area (Å²) in [6.07, 6.45) is 1.14. The maximum Gasteiger partial charge on any atom is 0.307 e. The molecule has 5 heteroatoms. The van der Waals surface area contributed by atoms with Gasteiger partial charge >= 0.3 is 5.97 Å². The molecule has 0 bridgehead atoms. The van der Waals surface area contributed by atoms with Gasteiger partial charge in [-0.3, -0.25) is 9.59 Å². The van der Waals surface area contributed by atoms with Crippen LogP contribution in [0.25, 0.3) is 0 Å². The Morgan fingerprint density at radius 1 is 1.33 bits per heavy atom. The summed E-state index contributed by atoms with van der Waals surface area (Å²) in [6, 6.07) is 6.08. The lowest BCUT2D eigenvalue weighted by Gasteiger charge is -2.23. The summed E-state index contributed by atoms with van der Waals surface area (Å²) in [4.78, 5) is 25.2. The Balaban J connectivity index is 2.06. The first-order valence-electron chi connectivity index (χ1n) is 7.10. The van der Waals surface area contributed by atoms with E-state index in [9.17, 15) is 19.1 Å². The molecule has 3 atom stereocenters. The van der Waals surface area contributed by atoms with Crippen LogP contribution in [0.15, 0.2) is 24.3 Å². The van der Waals surface area contributed by atoms with Crippen molar-refractivity contribution in [1.82, 2.24) is 4.90 Å². The number of nitrogens with zero attached hydrogens (tertiary/aromatic N) is 1. The molecule has 1 amide bonds. The van der Waals surface area contributed by atoms with E-state index in [-0.39, 0.29) is 24.2 Å². The molecule has 1 fully saturated rings. The third kappa shape index (κ3) is 3.60. The second kappa shape index (κ2) is 6.24. The highest BCUT2D eigenvalue weighted by Gasteiger charge is 2.42. The van der Waals surface area contributed by atoms with Gasteiger partial charge in [0.05, 0.1) is 11.8 Å². The van der Waals surface area contributed by atoms with Crippen LogP contribution in [0.3, 0.4) is 0 Å². The van der Waals surface area contributed by atoms with E-state index in [2.05, 4.69) is 0 Å². The summed E-state index contributed by atoms with van der Waals surface area (Å²) < 4.78 is 13.2. The lowest BCUT2D eigenvalue weighted by Crippen LogP contribution is -2.36. The van der Waals surface area contributed by atoms with Gasteiger partial charge in [0.1, 0.15) is 5.82 Å². The van der Waals surface area contributed by atoms with Crippen molar-refractivity contribution in [1.29, 1.82) is 0 Å². The van der Waals surface area contributed by atoms with E-state index in [0.29, 0.717) is 18.4 Å². The number of carboxylic acids is 1. The molecular weight excluding hydrogens is 273 g/mol. The highest BCUT2D eigenvalue weighted by Crippen LogP contribution is 2.37. The minimum absolute atomic E-state index is 0.170. The highest BCUT2D eigenvalue weighted by atomic mass is 19.1. The Hall–Kier alpha value is -1.91. The number of benzene rings is 1. The molecule has 0 radical (unpaired) electrons. The molecule has 0 aromatic heterocycles. The Morgan fingerprint density at radius 3 is 2.62 bits per heavy atom. The summed E-state index contributed by atoms with van der Waals surface area (Å²) in [7, 11) is 1.63. The van der Waals surface area contributed by atoms with Crippen LogP contribution < -0.4 is 0 Å². The first kappa shape index (κ1) is 15.5. The minimum atomic E-state index is -0.906. The highest BCUT2D eigenvalue weighted by molar-refractivity contribution is 5.85. The second-order valence-electron chi connectivity index (χ2n) is 5.95. The van der Waals surface area contributed by atoms with Crippen molar-refractivity contribution in [2.24, 2.45) is 17.8 Å². The molecule has 1 aliphatic rings. The predicted molar refractivity (Wildman–Crippen MR) is 75.9 cm³/mol. The van der Waals surface area contributed by atoms with Crippen molar-refractivity contribution in [3.8, 4) is 0 Å². The van der Waals surface area contributed by atoms with Crippen LogP contribution in [0.2, 0.25) is 0 Å². The maximum atomic E-state index is 13.2. The van der Waals surface area contributed by atoms with Crippen molar-refractivity contribution in [3.05, 3.63) is 35.6 Å². The zero-order chi connectivity index (χ0) is 15.6. The van der Waals surface area contributed by atoms with Gasteiger partial charge in [-0.25, -0.2) is 4.39 Å². The number of halogens is 1. The zero-order valence-electron chi connectivity index (χ0n) is 12.3. The molecule has 0 saturated heterocycles. The van der Waals surface area contributed by atoms with E-state index in [1.54, 1.807) is 19.2 Å². The van der Waals surface area contributed by atoms with Crippen LogP contribution in [0, 0.1) is 23.6 Å². The molecule has 0 aliphatic heterocycles. The maximum absolute atomic E-state index is 13.2. The number of rotatable bonds is 4. The van der Waals surface area contributed by atoms with E-state index < -0.39 is 17.8 Å². The van der Waals surface area contributed by atoms with E-state index in [0.717, 1.165) is 0 Å². The SMILES string of the molecule is CC1C[C@H](C(=O)N(C)Cc2cccc(F)c2)[C@H](C(=O)O)C1. The Bertz CT molecular complexity index is 546. The van der Waals surface area contributed by atoms with E-state index in [1.807, 2.05) is 6.92 Å². The molecule has 21 heavy (non-hydrogen) atoms. The molecule has 1 saturated carbocycles. The number of hydrogen-bond donors (Lipinski definition) is 1. The number of carbonyl (C=O) groups excluding carboxylic acids is 1. The van der Waals surface area contributed by atoms with Crippen molar-refractivity contribution < 1.29 is 19.1 Å². The van der Waals surface area contributed by atoms with Crippen LogP contribution in [-0.4, -0.2) is 28.9 Å². The summed E-state index contributed by atoms with van der Waals surface area (Å²) in [5.41, 5.74) is 0.698. The third-order valence-electron chi connectivity index (χ3n) is 4.12. The van der Waals surface area contributed by atoms with Gasteiger partial charge in [0.2, 0.25) is 5.91 Å². The molecule has 1 N–H and O–H groups in total. The molecule has 4 nitrogen and oxygen atoms in total. The van der Waals surface area contributed by atoms with E-state index in [1.165, 1.54) is 17.0 Å². The van der Waals surface area contributed by atoms with Crippen LogP contribution in [0.4, 0.5) is 4.39 Å². The van der Waals surface area contributed by atoms with Gasteiger partial charge in [0.25, 0.3) is 0 Å². The van der Waals surface area contributed by atoms with Crippen molar-refractivity contribution in [3.63, 3.8) is 0 Å². The Morgan fingerprint density at radius 2 is 2.00 bits per heavy atom. The van der Waals surface area contributed by atoms with Gasteiger partial charge in [-0.2, -0.15) is 0 Å². The molecule has 1 aliphatic carbocycles. The number of amides is 1. The predicted octanol–water partition coefficient (Wildman–Crippen LogP) is 2.53. The van der Waals surface area contributed by atoms with Crippen molar-refractivity contribution in [2.45, 2.75) is 26.3 Å². The van der Waals surface area contributed by atoms with E-state index in [4.69, 9.17) is 0 Å². The lowest BCUT2D eigenvalue weighted by atomic mass is 9.94. The van der Waals surface area contributed by atoms with Crippen LogP contribution in [-0.2, 0) is 16.1 Å². The first-order chi connectivity index (χ1) is 9.88. The molecule has 1 aromatic rings. The molecular formula is C16H20FNO3. The number of hydrogen-bond acceptors (Lipinski definition) is 2. The molecule has 0 heterocycles. The molecule has 1 aromatic carbocycles. The van der Waals surface area contributed by atoms with Gasteiger partial charge in [0, 0.05) is 13.6 Å². The largest absolute Gasteiger partial charge is 0.481 e. The van der Waals surface area contributed by atoms with Gasteiger partial charge < -0.3 is 10.0 Å². The van der Waals surface area contributed by atoms with Crippen molar-refractivity contribution in [2.75, 3.05) is 7.05 Å². The molecule has 0 spiro atoms. The molecule has 1 unspecified atom stereocenters. The number of carbonyl (C=O) groups is 2. The average molecular weight is 293 g/mol. The quantitative estimate of drug-likeness (QED) is 0.928. The zero-order valence-corrected chi connectivity index (χ0v) is 12.3. The van der Waals surface area contributed by atoms with Crippen LogP contribution >= 0.6 is 0 Å². The van der Waals surface area contributed by atoms with Gasteiger partial charge in [0.15, 0.2) is 0 Å². The second-order valence-corrected chi connectivity index (χ2v) is 5.95. The van der Waals surface area contributed by atoms with Crippen LogP contribution in [0.5, 0.6) is 0 Å². The fourth-order valence-electron chi connectivity index (χ4n) is 3.11. The monoisotopic (exact) mass is 293 g/mol. The molecule has 2 rings (SSSR count). The van der Waals surface area contributed by atoms with Gasteiger partial charge in [-0.1, -0.05) is 19.1 Å². The normalized spacial score (nSPS) is 24.8. The minimum Gasteiger partial charge on any atom is -0.481 e. The summed E-state index contributed by atoms with van der Waals surface area (Å²) in [5.74, 6) is -2.26. The van der Waals surface area contributed by atoms with Gasteiger partial charge in [-0.15, -0.1) is 0 Å².